The van der Waals surface area contributed by atoms with Gasteiger partial charge in [0, 0.05) is 6.20 Å². The van der Waals surface area contributed by atoms with E-state index in [0.29, 0.717) is 4.88 Å². The molecule has 0 saturated heterocycles. The molecule has 0 bridgehead atoms. The number of amides is 1. The van der Waals surface area contributed by atoms with Gasteiger partial charge in [0.05, 0.1) is 9.75 Å². The second-order valence-corrected chi connectivity index (χ2v) is 3.72. The predicted molar refractivity (Wildman–Crippen MR) is 53.9 cm³/mol. The Bertz CT molecular complexity index is 452. The number of aromatic nitrogens is 2. The highest BCUT2D eigenvalue weighted by molar-refractivity contribution is 7.17. The van der Waals surface area contributed by atoms with Crippen LogP contribution in [0.4, 0.5) is 0 Å². The molecule has 70 valence electrons. The minimum Gasteiger partial charge on any atom is -0.365 e. The molecule has 0 aliphatic rings. The van der Waals surface area contributed by atoms with Gasteiger partial charge in [0.25, 0.3) is 5.91 Å². The summed E-state index contributed by atoms with van der Waals surface area (Å²) in [5, 5.41) is 7.69. The van der Waals surface area contributed by atoms with E-state index in [9.17, 15) is 4.79 Å². The molecule has 0 fully saturated rings. The topological polar surface area (TPSA) is 68.9 Å². The number of nitrogens with zero attached hydrogens (tertiary/aromatic N) is 2. The lowest BCUT2D eigenvalue weighted by atomic mass is 10.3. The maximum Gasteiger partial charge on any atom is 0.258 e. The molecule has 0 atom stereocenters. The Morgan fingerprint density at radius 1 is 1.36 bits per heavy atom. The SMILES string of the molecule is NC(=O)c1ccc(-c2cccnn2)s1. The molecule has 0 aromatic carbocycles. The van der Waals surface area contributed by atoms with Crippen LogP contribution in [0.3, 0.4) is 0 Å². The zero-order valence-corrected chi connectivity index (χ0v) is 7.99. The Morgan fingerprint density at radius 2 is 2.21 bits per heavy atom. The maximum absolute atomic E-state index is 10.8. The molecule has 2 aromatic rings. The molecule has 4 nitrogen and oxygen atoms in total. The first-order valence-corrected chi connectivity index (χ1v) is 4.77. The van der Waals surface area contributed by atoms with Crippen LogP contribution >= 0.6 is 11.3 Å². The van der Waals surface area contributed by atoms with Gasteiger partial charge in [0.1, 0.15) is 5.69 Å². The van der Waals surface area contributed by atoms with Crippen molar-refractivity contribution >= 4 is 17.2 Å². The van der Waals surface area contributed by atoms with Crippen molar-refractivity contribution in [3.05, 3.63) is 35.3 Å². The number of hydrogen-bond donors (Lipinski definition) is 1. The van der Waals surface area contributed by atoms with E-state index in [0.717, 1.165) is 10.6 Å². The third-order valence-corrected chi connectivity index (χ3v) is 2.80. The Labute approximate surface area is 84.4 Å². The molecule has 0 saturated carbocycles. The van der Waals surface area contributed by atoms with Gasteiger partial charge < -0.3 is 5.73 Å². The molecule has 1 amide bonds. The monoisotopic (exact) mass is 205 g/mol. The second-order valence-electron chi connectivity index (χ2n) is 2.64. The lowest BCUT2D eigenvalue weighted by Gasteiger charge is -1.91. The summed E-state index contributed by atoms with van der Waals surface area (Å²) in [6.45, 7) is 0. The number of carbonyl (C=O) groups is 1. The van der Waals surface area contributed by atoms with Crippen molar-refractivity contribution in [1.29, 1.82) is 0 Å². The minimum atomic E-state index is -0.412. The van der Waals surface area contributed by atoms with Gasteiger partial charge in [0.15, 0.2) is 0 Å². The molecule has 14 heavy (non-hydrogen) atoms. The van der Waals surface area contributed by atoms with Gasteiger partial charge >= 0.3 is 0 Å². The van der Waals surface area contributed by atoms with Crippen LogP contribution in [0.2, 0.25) is 0 Å². The summed E-state index contributed by atoms with van der Waals surface area (Å²) in [5.74, 6) is -0.412. The lowest BCUT2D eigenvalue weighted by Crippen LogP contribution is -2.07. The Hall–Kier alpha value is -1.75. The third-order valence-electron chi connectivity index (χ3n) is 1.67. The molecule has 2 rings (SSSR count). The van der Waals surface area contributed by atoms with E-state index < -0.39 is 5.91 Å². The first kappa shape index (κ1) is 8.83. The number of nitrogens with two attached hydrogens (primary N) is 1. The molecule has 2 aromatic heterocycles. The highest BCUT2D eigenvalue weighted by Gasteiger charge is 2.07. The molecule has 0 spiro atoms. The molecular weight excluding hydrogens is 198 g/mol. The fraction of sp³-hybridized carbons (Fsp3) is 0. The normalized spacial score (nSPS) is 10.0. The second kappa shape index (κ2) is 3.55. The van der Waals surface area contributed by atoms with Gasteiger partial charge in [-0.15, -0.1) is 16.4 Å². The van der Waals surface area contributed by atoms with Gasteiger partial charge in [-0.25, -0.2) is 0 Å². The summed E-state index contributed by atoms with van der Waals surface area (Å²) in [6.07, 6.45) is 1.60. The molecule has 5 heteroatoms. The fourth-order valence-corrected chi connectivity index (χ4v) is 1.86. The van der Waals surface area contributed by atoms with Crippen molar-refractivity contribution in [1.82, 2.24) is 10.2 Å². The Balaban J connectivity index is 2.39. The number of rotatable bonds is 2. The summed E-state index contributed by atoms with van der Waals surface area (Å²) in [4.78, 5) is 12.3. The quantitative estimate of drug-likeness (QED) is 0.803. The number of hydrogen-bond acceptors (Lipinski definition) is 4. The maximum atomic E-state index is 10.8. The van der Waals surface area contributed by atoms with Gasteiger partial charge in [-0.2, -0.15) is 5.10 Å². The molecular formula is C9H7N3OS. The minimum absolute atomic E-state index is 0.412. The third kappa shape index (κ3) is 1.62. The van der Waals surface area contributed by atoms with E-state index in [1.54, 1.807) is 18.3 Å². The van der Waals surface area contributed by atoms with E-state index >= 15 is 0 Å². The van der Waals surface area contributed by atoms with E-state index in [4.69, 9.17) is 5.73 Å². The first-order chi connectivity index (χ1) is 6.77. The smallest absolute Gasteiger partial charge is 0.258 e. The summed E-state index contributed by atoms with van der Waals surface area (Å²) >= 11 is 1.32. The van der Waals surface area contributed by atoms with Crippen molar-refractivity contribution in [3.8, 4) is 10.6 Å². The Kier molecular flexibility index (Phi) is 2.24. The van der Waals surface area contributed by atoms with Gasteiger partial charge in [0.2, 0.25) is 0 Å². The van der Waals surface area contributed by atoms with Crippen LogP contribution in [0.5, 0.6) is 0 Å². The average Bonchev–Trinajstić information content (AvgIpc) is 2.68. The van der Waals surface area contributed by atoms with Crippen molar-refractivity contribution in [2.24, 2.45) is 5.73 Å². The number of carbonyl (C=O) groups excluding carboxylic acids is 1. The lowest BCUT2D eigenvalue weighted by molar-refractivity contribution is 0.100. The van der Waals surface area contributed by atoms with Crippen LogP contribution in [-0.2, 0) is 0 Å². The van der Waals surface area contributed by atoms with E-state index in [2.05, 4.69) is 10.2 Å². The zero-order valence-electron chi connectivity index (χ0n) is 7.18. The summed E-state index contributed by atoms with van der Waals surface area (Å²) in [7, 11) is 0. The van der Waals surface area contributed by atoms with Gasteiger partial charge in [-0.1, -0.05) is 0 Å². The van der Waals surface area contributed by atoms with Crippen LogP contribution in [-0.4, -0.2) is 16.1 Å². The predicted octanol–water partition coefficient (Wildman–Crippen LogP) is 1.30. The van der Waals surface area contributed by atoms with Gasteiger partial charge in [-0.05, 0) is 24.3 Å². The van der Waals surface area contributed by atoms with E-state index in [1.165, 1.54) is 11.3 Å². The van der Waals surface area contributed by atoms with Crippen LogP contribution in [0.25, 0.3) is 10.6 Å². The summed E-state index contributed by atoms with van der Waals surface area (Å²) < 4.78 is 0. The molecule has 2 heterocycles. The van der Waals surface area contributed by atoms with Crippen molar-refractivity contribution in [2.75, 3.05) is 0 Å². The highest BCUT2D eigenvalue weighted by Crippen LogP contribution is 2.25. The van der Waals surface area contributed by atoms with Crippen molar-refractivity contribution < 1.29 is 4.79 Å². The highest BCUT2D eigenvalue weighted by atomic mass is 32.1. The number of thiophene rings is 1. The average molecular weight is 205 g/mol. The summed E-state index contributed by atoms with van der Waals surface area (Å²) in [5.41, 5.74) is 5.90. The molecule has 0 radical (unpaired) electrons. The molecule has 2 N–H and O–H groups in total. The van der Waals surface area contributed by atoms with E-state index in [-0.39, 0.29) is 0 Å². The van der Waals surface area contributed by atoms with Gasteiger partial charge in [-0.3, -0.25) is 4.79 Å². The largest absolute Gasteiger partial charge is 0.365 e. The fourth-order valence-electron chi connectivity index (χ4n) is 1.04. The zero-order chi connectivity index (χ0) is 9.97. The standard InChI is InChI=1S/C9H7N3OS/c10-9(13)8-4-3-7(14-8)6-2-1-5-11-12-6/h1-5H,(H2,10,13). The van der Waals surface area contributed by atoms with Crippen LogP contribution in [0, 0.1) is 0 Å². The first-order valence-electron chi connectivity index (χ1n) is 3.95. The Morgan fingerprint density at radius 3 is 2.79 bits per heavy atom. The van der Waals surface area contributed by atoms with Crippen molar-refractivity contribution in [3.63, 3.8) is 0 Å². The number of primary amides is 1. The molecule has 0 unspecified atom stereocenters. The molecule has 0 aliphatic heterocycles. The van der Waals surface area contributed by atoms with Crippen LogP contribution in [0.15, 0.2) is 30.5 Å². The summed E-state index contributed by atoms with van der Waals surface area (Å²) in [6, 6.07) is 7.14. The van der Waals surface area contributed by atoms with Crippen LogP contribution < -0.4 is 5.73 Å². The van der Waals surface area contributed by atoms with Crippen molar-refractivity contribution in [2.45, 2.75) is 0 Å². The van der Waals surface area contributed by atoms with E-state index in [1.807, 2.05) is 12.1 Å². The van der Waals surface area contributed by atoms with Crippen LogP contribution in [0.1, 0.15) is 9.67 Å². The molecule has 0 aliphatic carbocycles.